The molecule has 0 bridgehead atoms. The number of piperazine rings is 1. The first-order valence-electron chi connectivity index (χ1n) is 13.0. The fourth-order valence-corrected chi connectivity index (χ4v) is 5.04. The van der Waals surface area contributed by atoms with E-state index < -0.39 is 31.9 Å². The molecule has 1 unspecified atom stereocenters. The van der Waals surface area contributed by atoms with Gasteiger partial charge in [-0.1, -0.05) is 30.3 Å². The molecule has 214 valence electrons. The average Bonchev–Trinajstić information content (AvgIpc) is 3.46. The lowest BCUT2D eigenvalue weighted by Gasteiger charge is -2.35. The van der Waals surface area contributed by atoms with Gasteiger partial charge in [0.05, 0.1) is 12.7 Å². The van der Waals surface area contributed by atoms with E-state index in [2.05, 4.69) is 15.3 Å². The maximum atomic E-state index is 13.4. The Morgan fingerprint density at radius 1 is 1.15 bits per heavy atom. The third-order valence-electron chi connectivity index (χ3n) is 6.73. The van der Waals surface area contributed by atoms with Crippen molar-refractivity contribution in [1.82, 2.24) is 25.1 Å². The summed E-state index contributed by atoms with van der Waals surface area (Å²) >= 11 is 0. The molecule has 3 heterocycles. The van der Waals surface area contributed by atoms with Gasteiger partial charge in [-0.3, -0.25) is 9.59 Å². The molecule has 4 rings (SSSR count). The number of amides is 3. The predicted molar refractivity (Wildman–Crippen MR) is 147 cm³/mol. The summed E-state index contributed by atoms with van der Waals surface area (Å²) in [7, 11) is -1.20. The number of ether oxygens (including phenoxy) is 2. The first-order valence-corrected chi connectivity index (χ1v) is 14.3. The van der Waals surface area contributed by atoms with Gasteiger partial charge in [-0.25, -0.2) is 14.8 Å². The van der Waals surface area contributed by atoms with Crippen LogP contribution in [0.3, 0.4) is 0 Å². The number of hydrogen-bond donors (Lipinski definition) is 2. The number of nitrogens with zero attached hydrogens (tertiary/aromatic N) is 5. The number of anilines is 1. The maximum absolute atomic E-state index is 13.4. The SMILES string of the molecule is CCOC(=O)N1CCN(C(=O)[C@H](/C=[P+](\[O-])O)NC(=O)c2cc(N3CC[C@H](OC)C3)nc(-c3ccccc3)n2)CC1. The fourth-order valence-electron chi connectivity index (χ4n) is 4.58. The van der Waals surface area contributed by atoms with E-state index in [0.29, 0.717) is 30.3 Å². The van der Waals surface area contributed by atoms with Crippen LogP contribution in [0.4, 0.5) is 10.6 Å². The number of rotatable bonds is 8. The highest BCUT2D eigenvalue weighted by Crippen LogP contribution is 2.24. The van der Waals surface area contributed by atoms with Gasteiger partial charge < -0.3 is 34.4 Å². The molecule has 2 fully saturated rings. The summed E-state index contributed by atoms with van der Waals surface area (Å²) in [5, 5.41) is 2.56. The summed E-state index contributed by atoms with van der Waals surface area (Å²) in [5.74, 6) is 0.499. The molecule has 0 aliphatic carbocycles. The lowest BCUT2D eigenvalue weighted by molar-refractivity contribution is -0.167. The zero-order valence-corrected chi connectivity index (χ0v) is 23.3. The van der Waals surface area contributed by atoms with Gasteiger partial charge in [0.2, 0.25) is 8.00 Å². The molecule has 2 aromatic rings. The second-order valence-electron chi connectivity index (χ2n) is 9.31. The van der Waals surface area contributed by atoms with Crippen molar-refractivity contribution in [3.8, 4) is 11.4 Å². The van der Waals surface area contributed by atoms with E-state index in [0.717, 1.165) is 12.2 Å². The minimum Gasteiger partial charge on any atom is -0.603 e. The van der Waals surface area contributed by atoms with Crippen molar-refractivity contribution in [2.24, 2.45) is 0 Å². The summed E-state index contributed by atoms with van der Waals surface area (Å²) in [6.45, 7) is 4.09. The standard InChI is InChI=1S/C26H33N6O7P/c1-3-39-26(35)31-13-11-30(12-14-31)25(34)21(17-40(36)37)28-24(33)20-15-22(32-10-9-19(16-32)38-2)29-23(27-20)18-7-5-4-6-8-18/h4-8,15,17,19,21H,3,9-14,16H2,1-2H3,(H,28,33)(H,36,37)/t19-,21-/m0/s1. The van der Waals surface area contributed by atoms with Gasteiger partial charge in [-0.2, -0.15) is 4.89 Å². The van der Waals surface area contributed by atoms with E-state index in [9.17, 15) is 24.2 Å². The Bertz CT molecular complexity index is 1240. The minimum atomic E-state index is -2.86. The third kappa shape index (κ3) is 7.30. The van der Waals surface area contributed by atoms with Gasteiger partial charge in [0.15, 0.2) is 11.9 Å². The maximum Gasteiger partial charge on any atom is 0.409 e. The van der Waals surface area contributed by atoms with Crippen LogP contribution in [0.5, 0.6) is 0 Å². The van der Waals surface area contributed by atoms with Crippen LogP contribution in [-0.4, -0.2) is 113 Å². The van der Waals surface area contributed by atoms with Crippen LogP contribution in [0.25, 0.3) is 11.4 Å². The Morgan fingerprint density at radius 3 is 2.48 bits per heavy atom. The number of carbonyl (C=O) groups excluding carboxylic acids is 3. The van der Waals surface area contributed by atoms with Gasteiger partial charge in [-0.15, -0.1) is 0 Å². The molecule has 14 heteroatoms. The molecule has 2 aliphatic heterocycles. The molecule has 40 heavy (non-hydrogen) atoms. The van der Waals surface area contributed by atoms with Crippen molar-refractivity contribution in [2.45, 2.75) is 25.5 Å². The Hall–Kier alpha value is -3.64. The molecule has 0 radical (unpaired) electrons. The second kappa shape index (κ2) is 13.6. The molecule has 0 spiro atoms. The summed E-state index contributed by atoms with van der Waals surface area (Å²) in [5.41, 5.74) is 0.717. The number of benzene rings is 1. The highest BCUT2D eigenvalue weighted by molar-refractivity contribution is 7.44. The minimum absolute atomic E-state index is 0.0104. The molecule has 2 saturated heterocycles. The van der Waals surface area contributed by atoms with Crippen LogP contribution in [-0.2, 0) is 14.3 Å². The van der Waals surface area contributed by atoms with Crippen molar-refractivity contribution in [3.05, 3.63) is 42.1 Å². The summed E-state index contributed by atoms with van der Waals surface area (Å²) in [6, 6.07) is 9.36. The highest BCUT2D eigenvalue weighted by Gasteiger charge is 2.32. The smallest absolute Gasteiger partial charge is 0.409 e. The predicted octanol–water partition coefficient (Wildman–Crippen LogP) is 0.235. The second-order valence-corrected chi connectivity index (χ2v) is 10.2. The Kier molecular flexibility index (Phi) is 9.99. The van der Waals surface area contributed by atoms with Gasteiger partial charge in [0, 0.05) is 58.0 Å². The topological polar surface area (TPSA) is 160 Å². The van der Waals surface area contributed by atoms with Crippen molar-refractivity contribution in [2.75, 3.05) is 57.9 Å². The summed E-state index contributed by atoms with van der Waals surface area (Å²) in [4.78, 5) is 74.0. The van der Waals surface area contributed by atoms with E-state index in [4.69, 9.17) is 9.47 Å². The van der Waals surface area contributed by atoms with Crippen molar-refractivity contribution in [3.63, 3.8) is 0 Å². The Morgan fingerprint density at radius 2 is 1.85 bits per heavy atom. The highest BCUT2D eigenvalue weighted by atomic mass is 31.1. The molecule has 3 amide bonds. The fraction of sp³-hybridized carbons (Fsp3) is 0.462. The van der Waals surface area contributed by atoms with Crippen LogP contribution in [0.15, 0.2) is 36.4 Å². The third-order valence-corrected chi connectivity index (χ3v) is 7.28. The first-order chi connectivity index (χ1) is 19.3. The zero-order chi connectivity index (χ0) is 28.6. The van der Waals surface area contributed by atoms with Crippen molar-refractivity contribution < 1.29 is 33.6 Å². The quantitative estimate of drug-likeness (QED) is 0.419. The van der Waals surface area contributed by atoms with Gasteiger partial charge >= 0.3 is 6.09 Å². The van der Waals surface area contributed by atoms with Crippen LogP contribution < -0.4 is 15.1 Å². The number of aromatic nitrogens is 2. The molecule has 2 aliphatic rings. The van der Waals surface area contributed by atoms with Crippen LogP contribution in [0.2, 0.25) is 0 Å². The van der Waals surface area contributed by atoms with Crippen LogP contribution >= 0.6 is 8.00 Å². The van der Waals surface area contributed by atoms with Gasteiger partial charge in [0.1, 0.15) is 17.3 Å². The molecule has 13 nitrogen and oxygen atoms in total. The summed E-state index contributed by atoms with van der Waals surface area (Å²) in [6.07, 6.45) is 0.378. The van der Waals surface area contributed by atoms with Crippen molar-refractivity contribution in [1.29, 1.82) is 0 Å². The van der Waals surface area contributed by atoms with Crippen LogP contribution in [0, 0.1) is 0 Å². The molecule has 0 saturated carbocycles. The number of nitrogens with one attached hydrogen (secondary N) is 1. The zero-order valence-electron chi connectivity index (χ0n) is 22.4. The lowest BCUT2D eigenvalue weighted by atomic mass is 10.2. The Labute approximate surface area is 233 Å². The van der Waals surface area contributed by atoms with E-state index >= 15 is 0 Å². The molecular formula is C26H33N6O7P. The van der Waals surface area contributed by atoms with Crippen molar-refractivity contribution >= 4 is 37.5 Å². The number of hydrogen-bond acceptors (Lipinski definition) is 10. The van der Waals surface area contributed by atoms with Gasteiger partial charge in [0.25, 0.3) is 11.8 Å². The Balaban J connectivity index is 1.55. The molecule has 3 atom stereocenters. The van der Waals surface area contributed by atoms with E-state index in [1.807, 2.05) is 35.2 Å². The normalized spacial score (nSPS) is 18.4. The largest absolute Gasteiger partial charge is 0.603 e. The molecule has 1 aromatic carbocycles. The van der Waals surface area contributed by atoms with Gasteiger partial charge in [-0.05, 0) is 13.3 Å². The molecule has 1 aromatic heterocycles. The number of methoxy groups -OCH3 is 1. The molecule has 2 N–H and O–H groups in total. The first kappa shape index (κ1) is 29.3. The van der Waals surface area contributed by atoms with E-state index in [1.54, 1.807) is 20.1 Å². The average molecular weight is 573 g/mol. The van der Waals surface area contributed by atoms with E-state index in [1.165, 1.54) is 9.80 Å². The monoisotopic (exact) mass is 572 g/mol. The summed E-state index contributed by atoms with van der Waals surface area (Å²) < 4.78 is 10.5. The lowest BCUT2D eigenvalue weighted by Crippen LogP contribution is -2.56. The van der Waals surface area contributed by atoms with Crippen LogP contribution in [0.1, 0.15) is 23.8 Å². The van der Waals surface area contributed by atoms with E-state index in [-0.39, 0.29) is 44.6 Å². The number of carbonyl (C=O) groups is 3. The molecular weight excluding hydrogens is 539 g/mol.